The summed E-state index contributed by atoms with van der Waals surface area (Å²) in [4.78, 5) is 10.0. The Bertz CT molecular complexity index is 155. The SMILES string of the molecule is CC(CNC1CCCC1)[N+](=O)[O-]. The van der Waals surface area contributed by atoms with E-state index in [4.69, 9.17) is 0 Å². The molecule has 1 fully saturated rings. The van der Waals surface area contributed by atoms with E-state index in [0.717, 1.165) is 0 Å². The third-order valence-corrected chi connectivity index (χ3v) is 2.42. The van der Waals surface area contributed by atoms with Gasteiger partial charge in [0.1, 0.15) is 0 Å². The average molecular weight is 172 g/mol. The number of hydrogen-bond acceptors (Lipinski definition) is 3. The fourth-order valence-electron chi connectivity index (χ4n) is 1.54. The third-order valence-electron chi connectivity index (χ3n) is 2.42. The lowest BCUT2D eigenvalue weighted by Crippen LogP contribution is -2.36. The van der Waals surface area contributed by atoms with E-state index in [1.165, 1.54) is 25.7 Å². The molecule has 70 valence electrons. The van der Waals surface area contributed by atoms with Gasteiger partial charge in [-0.1, -0.05) is 12.8 Å². The molecular formula is C8H16N2O2. The van der Waals surface area contributed by atoms with Crippen LogP contribution in [0.5, 0.6) is 0 Å². The maximum absolute atomic E-state index is 10.3. The van der Waals surface area contributed by atoms with Crippen LogP contribution in [0.1, 0.15) is 32.6 Å². The van der Waals surface area contributed by atoms with Crippen LogP contribution in [0.25, 0.3) is 0 Å². The predicted molar refractivity (Wildman–Crippen MR) is 46.7 cm³/mol. The summed E-state index contributed by atoms with van der Waals surface area (Å²) in [5.41, 5.74) is 0. The van der Waals surface area contributed by atoms with Crippen molar-refractivity contribution in [2.75, 3.05) is 6.54 Å². The normalized spacial score (nSPS) is 21.1. The van der Waals surface area contributed by atoms with Crippen LogP contribution < -0.4 is 5.32 Å². The molecule has 0 amide bonds. The number of rotatable bonds is 4. The predicted octanol–water partition coefficient (Wildman–Crippen LogP) is 1.18. The van der Waals surface area contributed by atoms with E-state index >= 15 is 0 Å². The third kappa shape index (κ3) is 2.77. The molecule has 1 aliphatic rings. The zero-order chi connectivity index (χ0) is 8.97. The van der Waals surface area contributed by atoms with Crippen molar-refractivity contribution in [1.82, 2.24) is 5.32 Å². The highest BCUT2D eigenvalue weighted by molar-refractivity contribution is 4.74. The van der Waals surface area contributed by atoms with Crippen molar-refractivity contribution >= 4 is 0 Å². The minimum absolute atomic E-state index is 0.234. The zero-order valence-electron chi connectivity index (χ0n) is 7.45. The second-order valence-electron chi connectivity index (χ2n) is 3.52. The first kappa shape index (κ1) is 9.45. The van der Waals surface area contributed by atoms with E-state index in [0.29, 0.717) is 12.6 Å². The van der Waals surface area contributed by atoms with Gasteiger partial charge in [-0.2, -0.15) is 0 Å². The summed E-state index contributed by atoms with van der Waals surface area (Å²) >= 11 is 0. The molecule has 1 unspecified atom stereocenters. The fourth-order valence-corrected chi connectivity index (χ4v) is 1.54. The molecule has 0 radical (unpaired) electrons. The molecule has 0 spiro atoms. The first-order valence-electron chi connectivity index (χ1n) is 4.57. The molecule has 0 bridgehead atoms. The Morgan fingerprint density at radius 2 is 2.17 bits per heavy atom. The fraction of sp³-hybridized carbons (Fsp3) is 1.00. The Balaban J connectivity index is 2.11. The van der Waals surface area contributed by atoms with Crippen molar-refractivity contribution in [3.05, 3.63) is 10.1 Å². The van der Waals surface area contributed by atoms with Crippen molar-refractivity contribution in [3.63, 3.8) is 0 Å². The first-order valence-corrected chi connectivity index (χ1v) is 4.57. The van der Waals surface area contributed by atoms with E-state index in [1.54, 1.807) is 6.92 Å². The maximum Gasteiger partial charge on any atom is 0.222 e. The Hall–Kier alpha value is -0.640. The van der Waals surface area contributed by atoms with Crippen LogP contribution >= 0.6 is 0 Å². The van der Waals surface area contributed by atoms with Gasteiger partial charge in [0.15, 0.2) is 0 Å². The van der Waals surface area contributed by atoms with Gasteiger partial charge in [-0.15, -0.1) is 0 Å². The van der Waals surface area contributed by atoms with E-state index < -0.39 is 6.04 Å². The van der Waals surface area contributed by atoms with Crippen LogP contribution in [0.4, 0.5) is 0 Å². The molecule has 1 rings (SSSR count). The molecule has 4 heteroatoms. The van der Waals surface area contributed by atoms with Crippen molar-refractivity contribution in [1.29, 1.82) is 0 Å². The number of nitro groups is 1. The highest BCUT2D eigenvalue weighted by Crippen LogP contribution is 2.17. The average Bonchev–Trinajstić information content (AvgIpc) is 2.51. The zero-order valence-corrected chi connectivity index (χ0v) is 7.45. The molecule has 0 heterocycles. The van der Waals surface area contributed by atoms with Gasteiger partial charge >= 0.3 is 0 Å². The lowest BCUT2D eigenvalue weighted by molar-refractivity contribution is -0.516. The van der Waals surface area contributed by atoms with Crippen LogP contribution in [0, 0.1) is 10.1 Å². The topological polar surface area (TPSA) is 55.2 Å². The van der Waals surface area contributed by atoms with Gasteiger partial charge in [0.2, 0.25) is 6.04 Å². The quantitative estimate of drug-likeness (QED) is 0.511. The van der Waals surface area contributed by atoms with Crippen molar-refractivity contribution in [2.45, 2.75) is 44.7 Å². The molecular weight excluding hydrogens is 156 g/mol. The Labute approximate surface area is 72.5 Å². The van der Waals surface area contributed by atoms with Gasteiger partial charge in [-0.05, 0) is 12.8 Å². The molecule has 12 heavy (non-hydrogen) atoms. The van der Waals surface area contributed by atoms with Gasteiger partial charge in [-0.25, -0.2) is 0 Å². The highest BCUT2D eigenvalue weighted by Gasteiger charge is 2.18. The molecule has 0 aromatic carbocycles. The molecule has 1 saturated carbocycles. The van der Waals surface area contributed by atoms with Crippen molar-refractivity contribution in [2.24, 2.45) is 0 Å². The van der Waals surface area contributed by atoms with Gasteiger partial charge in [-0.3, -0.25) is 10.1 Å². The second-order valence-corrected chi connectivity index (χ2v) is 3.52. The highest BCUT2D eigenvalue weighted by atomic mass is 16.6. The second kappa shape index (κ2) is 4.40. The van der Waals surface area contributed by atoms with Crippen molar-refractivity contribution in [3.8, 4) is 0 Å². The van der Waals surface area contributed by atoms with Gasteiger partial charge in [0.05, 0.1) is 6.54 Å². The molecule has 0 aromatic heterocycles. The Morgan fingerprint density at radius 3 is 2.67 bits per heavy atom. The minimum Gasteiger partial charge on any atom is -0.308 e. The summed E-state index contributed by atoms with van der Waals surface area (Å²) in [6.45, 7) is 2.15. The summed E-state index contributed by atoms with van der Waals surface area (Å²) in [5.74, 6) is 0. The Morgan fingerprint density at radius 1 is 1.58 bits per heavy atom. The summed E-state index contributed by atoms with van der Waals surface area (Å²) < 4.78 is 0. The monoisotopic (exact) mass is 172 g/mol. The smallest absolute Gasteiger partial charge is 0.222 e. The van der Waals surface area contributed by atoms with E-state index in [2.05, 4.69) is 5.32 Å². The van der Waals surface area contributed by atoms with Crippen LogP contribution in [0.2, 0.25) is 0 Å². The summed E-state index contributed by atoms with van der Waals surface area (Å²) in [6, 6.07) is 0.0815. The van der Waals surface area contributed by atoms with Crippen LogP contribution in [0.3, 0.4) is 0 Å². The summed E-state index contributed by atoms with van der Waals surface area (Å²) in [6.07, 6.45) is 4.91. The summed E-state index contributed by atoms with van der Waals surface area (Å²) in [5, 5.41) is 13.5. The number of nitrogens with zero attached hydrogens (tertiary/aromatic N) is 1. The van der Waals surface area contributed by atoms with Crippen LogP contribution in [-0.4, -0.2) is 23.6 Å². The van der Waals surface area contributed by atoms with Gasteiger partial charge in [0.25, 0.3) is 0 Å². The summed E-state index contributed by atoms with van der Waals surface area (Å²) in [7, 11) is 0. The molecule has 0 aromatic rings. The molecule has 1 aliphatic carbocycles. The van der Waals surface area contributed by atoms with Gasteiger partial charge in [0, 0.05) is 17.9 Å². The first-order chi connectivity index (χ1) is 5.70. The lowest BCUT2D eigenvalue weighted by atomic mass is 10.2. The largest absolute Gasteiger partial charge is 0.308 e. The van der Waals surface area contributed by atoms with E-state index in [1.807, 2.05) is 0 Å². The maximum atomic E-state index is 10.3. The van der Waals surface area contributed by atoms with Gasteiger partial charge < -0.3 is 5.32 Å². The van der Waals surface area contributed by atoms with E-state index in [9.17, 15) is 10.1 Å². The van der Waals surface area contributed by atoms with Crippen LogP contribution in [-0.2, 0) is 0 Å². The molecule has 1 atom stereocenters. The standard InChI is InChI=1S/C8H16N2O2/c1-7(10(11)12)6-9-8-4-2-3-5-8/h7-9H,2-6H2,1H3. The minimum atomic E-state index is -0.453. The molecule has 4 nitrogen and oxygen atoms in total. The number of nitrogens with one attached hydrogen (secondary N) is 1. The molecule has 0 saturated heterocycles. The Kier molecular flexibility index (Phi) is 3.47. The van der Waals surface area contributed by atoms with Crippen molar-refractivity contribution < 1.29 is 4.92 Å². The lowest BCUT2D eigenvalue weighted by Gasteiger charge is -2.11. The molecule has 0 aliphatic heterocycles. The van der Waals surface area contributed by atoms with Crippen LogP contribution in [0.15, 0.2) is 0 Å². The number of hydrogen-bond donors (Lipinski definition) is 1. The molecule has 1 N–H and O–H groups in total. The van der Waals surface area contributed by atoms with E-state index in [-0.39, 0.29) is 4.92 Å².